The maximum atomic E-state index is 10.6. The van der Waals surface area contributed by atoms with E-state index < -0.39 is 5.97 Å². The van der Waals surface area contributed by atoms with Gasteiger partial charge in [0.2, 0.25) is 0 Å². The third-order valence-corrected chi connectivity index (χ3v) is 1.69. The molecule has 1 heterocycles. The minimum Gasteiger partial charge on any atom is -0.476 e. The second-order valence-corrected chi connectivity index (χ2v) is 3.32. The third kappa shape index (κ3) is 1.66. The van der Waals surface area contributed by atoms with Crippen molar-refractivity contribution in [2.24, 2.45) is 0 Å². The zero-order valence-electron chi connectivity index (χ0n) is 6.67. The number of rotatable bonds is 2. The first-order chi connectivity index (χ1) is 5.52. The zero-order chi connectivity index (χ0) is 9.30. The highest BCUT2D eigenvalue weighted by Crippen LogP contribution is 2.23. The Labute approximate surface area is 77.7 Å². The second-order valence-electron chi connectivity index (χ2n) is 2.64. The molecule has 1 aromatic heterocycles. The molecule has 0 aromatic carbocycles. The van der Waals surface area contributed by atoms with Crippen LogP contribution in [0.3, 0.4) is 0 Å². The van der Waals surface area contributed by atoms with Crippen molar-refractivity contribution in [2.75, 3.05) is 0 Å². The van der Waals surface area contributed by atoms with Gasteiger partial charge in [-0.15, -0.1) is 0 Å². The van der Waals surface area contributed by atoms with Crippen LogP contribution in [0.5, 0.6) is 0 Å². The van der Waals surface area contributed by atoms with E-state index in [1.165, 1.54) is 0 Å². The fourth-order valence-electron chi connectivity index (χ4n) is 0.849. The van der Waals surface area contributed by atoms with Crippen molar-refractivity contribution in [1.29, 1.82) is 0 Å². The molecular formula is C7H8BrNO3. The van der Waals surface area contributed by atoms with Gasteiger partial charge < -0.3 is 9.52 Å². The van der Waals surface area contributed by atoms with Crippen molar-refractivity contribution in [2.45, 2.75) is 19.8 Å². The van der Waals surface area contributed by atoms with Crippen molar-refractivity contribution in [1.82, 2.24) is 4.98 Å². The Kier molecular flexibility index (Phi) is 2.52. The molecule has 0 saturated carbocycles. The van der Waals surface area contributed by atoms with Crippen molar-refractivity contribution >= 4 is 21.9 Å². The molecule has 66 valence electrons. The number of oxazole rings is 1. The van der Waals surface area contributed by atoms with Crippen molar-refractivity contribution in [3.63, 3.8) is 0 Å². The number of nitrogens with zero attached hydrogens (tertiary/aromatic N) is 1. The molecule has 0 bridgehead atoms. The van der Waals surface area contributed by atoms with Gasteiger partial charge in [0.25, 0.3) is 4.80 Å². The molecule has 0 aliphatic heterocycles. The summed E-state index contributed by atoms with van der Waals surface area (Å²) in [6.45, 7) is 3.69. The van der Waals surface area contributed by atoms with E-state index >= 15 is 0 Å². The van der Waals surface area contributed by atoms with E-state index in [0.29, 0.717) is 5.76 Å². The average molecular weight is 234 g/mol. The quantitative estimate of drug-likeness (QED) is 0.852. The average Bonchev–Trinajstić information content (AvgIpc) is 2.31. The van der Waals surface area contributed by atoms with Gasteiger partial charge in [0, 0.05) is 21.8 Å². The molecule has 0 aliphatic rings. The monoisotopic (exact) mass is 233 g/mol. The minimum atomic E-state index is -1.06. The highest BCUT2D eigenvalue weighted by Gasteiger charge is 2.20. The SMILES string of the molecule is CC(C)c1oc(Br)nc1C(=O)O. The molecule has 0 spiro atoms. The van der Waals surface area contributed by atoms with Crippen molar-refractivity contribution in [3.8, 4) is 0 Å². The lowest BCUT2D eigenvalue weighted by molar-refractivity contribution is 0.0688. The Morgan fingerprint density at radius 2 is 2.25 bits per heavy atom. The first kappa shape index (κ1) is 9.25. The van der Waals surface area contributed by atoms with Gasteiger partial charge in [0.05, 0.1) is 0 Å². The molecular weight excluding hydrogens is 226 g/mol. The highest BCUT2D eigenvalue weighted by atomic mass is 79.9. The molecule has 0 radical (unpaired) electrons. The standard InChI is InChI=1S/C7H8BrNO3/c1-3(2)5-4(6(10)11)9-7(8)12-5/h3H,1-2H3,(H,10,11). The van der Waals surface area contributed by atoms with Crippen molar-refractivity contribution in [3.05, 3.63) is 16.3 Å². The van der Waals surface area contributed by atoms with Crippen LogP contribution in [0, 0.1) is 0 Å². The van der Waals surface area contributed by atoms with E-state index in [9.17, 15) is 4.79 Å². The topological polar surface area (TPSA) is 63.3 Å². The predicted octanol–water partition coefficient (Wildman–Crippen LogP) is 2.26. The fraction of sp³-hybridized carbons (Fsp3) is 0.429. The largest absolute Gasteiger partial charge is 0.476 e. The van der Waals surface area contributed by atoms with Crippen LogP contribution in [-0.2, 0) is 0 Å². The summed E-state index contributed by atoms with van der Waals surface area (Å²) in [4.78, 5) is 14.5. The lowest BCUT2D eigenvalue weighted by Crippen LogP contribution is -2.01. The number of hydrogen-bond acceptors (Lipinski definition) is 3. The predicted molar refractivity (Wildman–Crippen MR) is 45.3 cm³/mol. The Morgan fingerprint density at radius 1 is 1.67 bits per heavy atom. The number of aromatic nitrogens is 1. The highest BCUT2D eigenvalue weighted by molar-refractivity contribution is 9.10. The maximum Gasteiger partial charge on any atom is 0.358 e. The number of hydrogen-bond donors (Lipinski definition) is 1. The molecule has 0 atom stereocenters. The molecule has 12 heavy (non-hydrogen) atoms. The van der Waals surface area contributed by atoms with E-state index in [2.05, 4.69) is 20.9 Å². The number of carboxylic acids is 1. The summed E-state index contributed by atoms with van der Waals surface area (Å²) < 4.78 is 5.06. The van der Waals surface area contributed by atoms with Crippen LogP contribution in [0.25, 0.3) is 0 Å². The summed E-state index contributed by atoms with van der Waals surface area (Å²) in [5.74, 6) is -0.641. The van der Waals surface area contributed by atoms with Crippen LogP contribution in [0.2, 0.25) is 0 Å². The van der Waals surface area contributed by atoms with E-state index in [0.717, 1.165) is 0 Å². The number of carbonyl (C=O) groups is 1. The summed E-state index contributed by atoms with van der Waals surface area (Å²) in [5, 5.41) is 8.68. The minimum absolute atomic E-state index is 0.0168. The molecule has 0 amide bonds. The van der Waals surface area contributed by atoms with Gasteiger partial charge in [-0.3, -0.25) is 0 Å². The van der Waals surface area contributed by atoms with Crippen LogP contribution in [-0.4, -0.2) is 16.1 Å². The van der Waals surface area contributed by atoms with Gasteiger partial charge in [-0.25, -0.2) is 4.79 Å². The Hall–Kier alpha value is -0.840. The molecule has 1 N–H and O–H groups in total. The van der Waals surface area contributed by atoms with Gasteiger partial charge in [-0.05, 0) is 0 Å². The smallest absolute Gasteiger partial charge is 0.358 e. The van der Waals surface area contributed by atoms with Crippen LogP contribution in [0.1, 0.15) is 36.0 Å². The molecule has 1 aromatic rings. The normalized spacial score (nSPS) is 10.7. The van der Waals surface area contributed by atoms with Gasteiger partial charge in [0.15, 0.2) is 5.69 Å². The first-order valence-electron chi connectivity index (χ1n) is 3.42. The van der Waals surface area contributed by atoms with Gasteiger partial charge >= 0.3 is 5.97 Å². The Morgan fingerprint density at radius 3 is 2.58 bits per heavy atom. The third-order valence-electron chi connectivity index (χ3n) is 1.35. The molecule has 0 unspecified atom stereocenters. The van der Waals surface area contributed by atoms with E-state index in [1.54, 1.807) is 0 Å². The van der Waals surface area contributed by atoms with E-state index in [4.69, 9.17) is 9.52 Å². The summed E-state index contributed by atoms with van der Waals surface area (Å²) in [7, 11) is 0. The second kappa shape index (κ2) is 3.26. The van der Waals surface area contributed by atoms with Gasteiger partial charge in [0.1, 0.15) is 5.76 Å². The van der Waals surface area contributed by atoms with Crippen molar-refractivity contribution < 1.29 is 14.3 Å². The lowest BCUT2D eigenvalue weighted by Gasteiger charge is -1.98. The Balaban J connectivity index is 3.17. The van der Waals surface area contributed by atoms with E-state index in [1.807, 2.05) is 13.8 Å². The van der Waals surface area contributed by atoms with Crippen LogP contribution >= 0.6 is 15.9 Å². The molecule has 5 heteroatoms. The zero-order valence-corrected chi connectivity index (χ0v) is 8.25. The Bertz CT molecular complexity index is 306. The number of carboxylic acid groups (broad SMARTS) is 1. The molecule has 0 fully saturated rings. The number of aromatic carboxylic acids is 1. The maximum absolute atomic E-state index is 10.6. The molecule has 1 rings (SSSR count). The molecule has 4 nitrogen and oxygen atoms in total. The number of halogens is 1. The summed E-state index contributed by atoms with van der Waals surface area (Å²) in [6, 6.07) is 0. The summed E-state index contributed by atoms with van der Waals surface area (Å²) >= 11 is 2.98. The fourth-order valence-corrected chi connectivity index (χ4v) is 1.20. The van der Waals surface area contributed by atoms with Gasteiger partial charge in [-0.1, -0.05) is 13.8 Å². The first-order valence-corrected chi connectivity index (χ1v) is 4.21. The van der Waals surface area contributed by atoms with Crippen LogP contribution < -0.4 is 0 Å². The van der Waals surface area contributed by atoms with Crippen LogP contribution in [0.15, 0.2) is 9.22 Å². The van der Waals surface area contributed by atoms with Crippen LogP contribution in [0.4, 0.5) is 0 Å². The molecule has 0 saturated heterocycles. The summed E-state index contributed by atoms with van der Waals surface area (Å²) in [6.07, 6.45) is 0. The van der Waals surface area contributed by atoms with E-state index in [-0.39, 0.29) is 16.4 Å². The summed E-state index contributed by atoms with van der Waals surface area (Å²) in [5.41, 5.74) is -0.0168. The molecule has 0 aliphatic carbocycles. The lowest BCUT2D eigenvalue weighted by atomic mass is 10.1. The van der Waals surface area contributed by atoms with Gasteiger partial charge in [-0.2, -0.15) is 4.98 Å².